The van der Waals surface area contributed by atoms with E-state index in [-0.39, 0.29) is 11.4 Å². The van der Waals surface area contributed by atoms with E-state index in [0.29, 0.717) is 0 Å². The summed E-state index contributed by atoms with van der Waals surface area (Å²) in [5.41, 5.74) is 2.10. The quantitative estimate of drug-likeness (QED) is 0.745. The third-order valence-corrected chi connectivity index (χ3v) is 3.62. The van der Waals surface area contributed by atoms with Crippen LogP contribution in [0.15, 0.2) is 23.1 Å². The van der Waals surface area contributed by atoms with Crippen molar-refractivity contribution in [2.45, 2.75) is 30.1 Å². The van der Waals surface area contributed by atoms with Gasteiger partial charge in [0.25, 0.3) is 0 Å². The molecule has 76 valence electrons. The van der Waals surface area contributed by atoms with Crippen molar-refractivity contribution in [3.8, 4) is 0 Å². The van der Waals surface area contributed by atoms with Crippen LogP contribution in [0.25, 0.3) is 0 Å². The van der Waals surface area contributed by atoms with Crippen LogP contribution in [0.3, 0.4) is 0 Å². The number of aliphatic hydroxyl groups is 1. The third-order valence-electron chi connectivity index (χ3n) is 2.36. The van der Waals surface area contributed by atoms with Gasteiger partial charge in [0.05, 0.1) is 12.3 Å². The Morgan fingerprint density at radius 1 is 1.50 bits per heavy atom. The maximum atomic E-state index is 9.17. The molecule has 0 unspecified atom stereocenters. The first-order chi connectivity index (χ1) is 6.62. The number of anilines is 1. The van der Waals surface area contributed by atoms with E-state index in [4.69, 9.17) is 0 Å². The van der Waals surface area contributed by atoms with Gasteiger partial charge in [-0.1, -0.05) is 12.1 Å². The lowest BCUT2D eigenvalue weighted by Crippen LogP contribution is -2.30. The Hall–Kier alpha value is -0.670. The molecule has 1 aliphatic rings. The van der Waals surface area contributed by atoms with Crippen LogP contribution in [-0.4, -0.2) is 16.4 Å². The fourth-order valence-corrected chi connectivity index (χ4v) is 2.82. The molecule has 2 rings (SSSR count). The van der Waals surface area contributed by atoms with Crippen molar-refractivity contribution < 1.29 is 5.11 Å². The smallest absolute Gasteiger partial charge is 0.0702 e. The van der Waals surface area contributed by atoms with Crippen molar-refractivity contribution in [1.82, 2.24) is 0 Å². The zero-order chi connectivity index (χ0) is 10.2. The highest BCUT2D eigenvalue weighted by Gasteiger charge is 2.26. The zero-order valence-electron chi connectivity index (χ0n) is 8.50. The summed E-state index contributed by atoms with van der Waals surface area (Å²) in [6.07, 6.45) is 0. The Bertz CT molecular complexity index is 349. The number of benzene rings is 1. The second-order valence-electron chi connectivity index (χ2n) is 4.16. The largest absolute Gasteiger partial charge is 0.392 e. The molecule has 0 aromatic heterocycles. The molecule has 3 heteroatoms. The van der Waals surface area contributed by atoms with Crippen LogP contribution < -0.4 is 5.32 Å². The molecular weight excluding hydrogens is 194 g/mol. The molecule has 0 saturated heterocycles. The summed E-state index contributed by atoms with van der Waals surface area (Å²) >= 11 is 1.87. The van der Waals surface area contributed by atoms with Crippen molar-refractivity contribution in [1.29, 1.82) is 0 Å². The van der Waals surface area contributed by atoms with Gasteiger partial charge in [0.1, 0.15) is 0 Å². The lowest BCUT2D eigenvalue weighted by atomic mass is 10.1. The number of fused-ring (bicyclic) bond motifs is 1. The van der Waals surface area contributed by atoms with E-state index in [2.05, 4.69) is 25.2 Å². The average molecular weight is 209 g/mol. The Morgan fingerprint density at radius 2 is 2.29 bits per heavy atom. The van der Waals surface area contributed by atoms with E-state index in [0.717, 1.165) is 17.8 Å². The van der Waals surface area contributed by atoms with Crippen LogP contribution in [0, 0.1) is 0 Å². The first-order valence-corrected chi connectivity index (χ1v) is 5.60. The van der Waals surface area contributed by atoms with Gasteiger partial charge >= 0.3 is 0 Å². The summed E-state index contributed by atoms with van der Waals surface area (Å²) in [7, 11) is 0. The van der Waals surface area contributed by atoms with E-state index in [9.17, 15) is 5.11 Å². The second kappa shape index (κ2) is 3.48. The topological polar surface area (TPSA) is 32.3 Å². The molecule has 0 radical (unpaired) electrons. The summed E-state index contributed by atoms with van der Waals surface area (Å²) in [5.74, 6) is 0. The normalized spacial score (nSPS) is 18.5. The highest BCUT2D eigenvalue weighted by molar-refractivity contribution is 8.00. The van der Waals surface area contributed by atoms with E-state index in [1.807, 2.05) is 23.9 Å². The van der Waals surface area contributed by atoms with Crippen LogP contribution in [0.5, 0.6) is 0 Å². The Kier molecular flexibility index (Phi) is 2.45. The van der Waals surface area contributed by atoms with Crippen molar-refractivity contribution in [2.75, 3.05) is 11.9 Å². The number of nitrogens with one attached hydrogen (secondary N) is 1. The molecule has 0 amide bonds. The maximum absolute atomic E-state index is 9.17. The van der Waals surface area contributed by atoms with Gasteiger partial charge in [-0.2, -0.15) is 0 Å². The minimum absolute atomic E-state index is 0.108. The molecular formula is C11H15NOS. The van der Waals surface area contributed by atoms with Crippen molar-refractivity contribution in [3.63, 3.8) is 0 Å². The minimum atomic E-state index is 0.108. The Labute approximate surface area is 88.7 Å². The molecule has 1 heterocycles. The van der Waals surface area contributed by atoms with E-state index in [1.54, 1.807) is 0 Å². The van der Waals surface area contributed by atoms with Crippen LogP contribution in [0.4, 0.5) is 5.69 Å². The predicted octanol–water partition coefficient (Wildman–Crippen LogP) is 2.48. The third kappa shape index (κ3) is 1.74. The maximum Gasteiger partial charge on any atom is 0.0702 e. The van der Waals surface area contributed by atoms with Gasteiger partial charge in [-0.05, 0) is 19.9 Å². The lowest BCUT2D eigenvalue weighted by molar-refractivity contribution is 0.282. The van der Waals surface area contributed by atoms with Gasteiger partial charge in [-0.25, -0.2) is 0 Å². The van der Waals surface area contributed by atoms with Gasteiger partial charge in [0.2, 0.25) is 0 Å². The monoisotopic (exact) mass is 209 g/mol. The highest BCUT2D eigenvalue weighted by atomic mass is 32.2. The zero-order valence-corrected chi connectivity index (χ0v) is 9.32. The second-order valence-corrected chi connectivity index (χ2v) is 5.91. The summed E-state index contributed by atoms with van der Waals surface area (Å²) in [6.45, 7) is 5.50. The van der Waals surface area contributed by atoms with Gasteiger partial charge < -0.3 is 10.4 Å². The number of rotatable bonds is 1. The molecule has 1 aromatic rings. The number of para-hydroxylation sites is 1. The Balaban J connectivity index is 2.40. The van der Waals surface area contributed by atoms with Crippen LogP contribution in [0.2, 0.25) is 0 Å². The SMILES string of the molecule is CC1(C)CNc2c(CO)cccc2S1. The molecule has 0 bridgehead atoms. The molecule has 1 aliphatic heterocycles. The van der Waals surface area contributed by atoms with Crippen molar-refractivity contribution in [2.24, 2.45) is 0 Å². The summed E-state index contributed by atoms with van der Waals surface area (Å²) in [4.78, 5) is 1.24. The molecule has 0 atom stereocenters. The fourth-order valence-electron chi connectivity index (χ4n) is 1.63. The van der Waals surface area contributed by atoms with Crippen LogP contribution in [-0.2, 0) is 6.61 Å². The van der Waals surface area contributed by atoms with Crippen LogP contribution in [0.1, 0.15) is 19.4 Å². The molecule has 2 nitrogen and oxygen atoms in total. The summed E-state index contributed by atoms with van der Waals surface area (Å²) < 4.78 is 0.237. The predicted molar refractivity (Wildman–Crippen MR) is 60.8 cm³/mol. The lowest BCUT2D eigenvalue weighted by Gasteiger charge is -2.32. The molecule has 0 spiro atoms. The molecule has 0 aliphatic carbocycles. The Morgan fingerprint density at radius 3 is 3.00 bits per heavy atom. The standard InChI is InChI=1S/C11H15NOS/c1-11(2)7-12-10-8(6-13)4-3-5-9(10)14-11/h3-5,12-13H,6-7H2,1-2H3. The van der Waals surface area contributed by atoms with E-state index < -0.39 is 0 Å². The fraction of sp³-hybridized carbons (Fsp3) is 0.455. The summed E-state index contributed by atoms with van der Waals surface area (Å²) in [5, 5.41) is 12.6. The van der Waals surface area contributed by atoms with Gasteiger partial charge in [0.15, 0.2) is 0 Å². The molecule has 0 saturated carbocycles. The summed E-state index contributed by atoms with van der Waals surface area (Å²) in [6, 6.07) is 6.07. The van der Waals surface area contributed by atoms with Gasteiger partial charge in [-0.3, -0.25) is 0 Å². The van der Waals surface area contributed by atoms with Crippen LogP contribution >= 0.6 is 11.8 Å². The molecule has 0 fully saturated rings. The van der Waals surface area contributed by atoms with Gasteiger partial charge in [0, 0.05) is 21.8 Å². The number of aliphatic hydroxyl groups excluding tert-OH is 1. The average Bonchev–Trinajstić information content (AvgIpc) is 2.15. The van der Waals surface area contributed by atoms with E-state index >= 15 is 0 Å². The van der Waals surface area contributed by atoms with Crippen molar-refractivity contribution >= 4 is 17.4 Å². The molecule has 1 aromatic carbocycles. The molecule has 2 N–H and O–H groups in total. The first kappa shape index (κ1) is 9.87. The molecule has 14 heavy (non-hydrogen) atoms. The number of hydrogen-bond acceptors (Lipinski definition) is 3. The van der Waals surface area contributed by atoms with Gasteiger partial charge in [-0.15, -0.1) is 11.8 Å². The number of thioether (sulfide) groups is 1. The minimum Gasteiger partial charge on any atom is -0.392 e. The highest BCUT2D eigenvalue weighted by Crippen LogP contribution is 2.42. The van der Waals surface area contributed by atoms with Crippen molar-refractivity contribution in [3.05, 3.63) is 23.8 Å². The number of hydrogen-bond donors (Lipinski definition) is 2. The first-order valence-electron chi connectivity index (χ1n) is 4.78. The van der Waals surface area contributed by atoms with E-state index in [1.165, 1.54) is 4.90 Å².